The van der Waals surface area contributed by atoms with Gasteiger partial charge in [0.15, 0.2) is 0 Å². The zero-order chi connectivity index (χ0) is 13.2. The van der Waals surface area contributed by atoms with Crippen LogP contribution in [0.15, 0.2) is 24.3 Å². The molecule has 1 fully saturated rings. The monoisotopic (exact) mass is 261 g/mol. The van der Waals surface area contributed by atoms with Crippen molar-refractivity contribution in [1.29, 1.82) is 0 Å². The summed E-state index contributed by atoms with van der Waals surface area (Å²) < 4.78 is 13.7. The number of rotatable bonds is 4. The highest BCUT2D eigenvalue weighted by Gasteiger charge is 2.35. The van der Waals surface area contributed by atoms with Crippen molar-refractivity contribution in [1.82, 2.24) is 25.5 Å². The zero-order valence-corrected chi connectivity index (χ0v) is 10.1. The minimum absolute atomic E-state index is 0.0169. The fourth-order valence-corrected chi connectivity index (χ4v) is 1.94. The van der Waals surface area contributed by atoms with Crippen molar-refractivity contribution in [2.45, 2.75) is 25.4 Å². The molecule has 3 rings (SSSR count). The van der Waals surface area contributed by atoms with E-state index >= 15 is 0 Å². The molecule has 1 heterocycles. The second kappa shape index (κ2) is 4.75. The molecule has 19 heavy (non-hydrogen) atoms. The largest absolute Gasteiger partial charge is 0.328 e. The molecule has 0 unspecified atom stereocenters. The smallest absolute Gasteiger partial charge is 0.296 e. The number of aromatic nitrogens is 4. The van der Waals surface area contributed by atoms with E-state index in [4.69, 9.17) is 0 Å². The van der Waals surface area contributed by atoms with Crippen LogP contribution in [0.4, 0.5) is 4.39 Å². The van der Waals surface area contributed by atoms with Crippen molar-refractivity contribution in [2.75, 3.05) is 0 Å². The minimum Gasteiger partial charge on any atom is -0.328 e. The van der Waals surface area contributed by atoms with Crippen molar-refractivity contribution in [3.8, 4) is 0 Å². The fraction of sp³-hybridized carbons (Fsp3) is 0.333. The number of H-pyrrole nitrogens is 1. The maximum Gasteiger partial charge on any atom is 0.296 e. The van der Waals surface area contributed by atoms with Gasteiger partial charge in [-0.2, -0.15) is 5.21 Å². The number of hydrogen-bond acceptors (Lipinski definition) is 4. The molecule has 1 aliphatic rings. The summed E-state index contributed by atoms with van der Waals surface area (Å²) in [5.74, 6) is -0.614. The summed E-state index contributed by atoms with van der Waals surface area (Å²) in [6, 6.07) is 6.59. The minimum atomic E-state index is -0.320. The number of tetrazole rings is 1. The number of benzene rings is 1. The lowest BCUT2D eigenvalue weighted by Crippen LogP contribution is -2.33. The molecular weight excluding hydrogens is 249 g/mol. The van der Waals surface area contributed by atoms with Crippen molar-refractivity contribution in [3.05, 3.63) is 41.5 Å². The van der Waals surface area contributed by atoms with E-state index in [1.165, 1.54) is 6.07 Å². The molecule has 0 bridgehead atoms. The summed E-state index contributed by atoms with van der Waals surface area (Å²) in [6.07, 6.45) is 1.86. The highest BCUT2D eigenvalue weighted by atomic mass is 19.1. The Morgan fingerprint density at radius 3 is 2.84 bits per heavy atom. The van der Waals surface area contributed by atoms with E-state index in [1.807, 2.05) is 0 Å². The molecule has 0 radical (unpaired) electrons. The Bertz CT molecular complexity index is 582. The molecule has 1 aliphatic carbocycles. The predicted octanol–water partition coefficient (Wildman–Crippen LogP) is 1.14. The molecule has 0 atom stereocenters. The molecule has 1 aromatic heterocycles. The van der Waals surface area contributed by atoms with Crippen LogP contribution in [0.25, 0.3) is 0 Å². The van der Waals surface area contributed by atoms with Gasteiger partial charge in [0.2, 0.25) is 0 Å². The van der Waals surface area contributed by atoms with Crippen LogP contribution in [0, 0.1) is 5.82 Å². The standard InChI is InChI=1S/C12H12FN5O/c13-10-4-2-1-3-8(10)7-18(9-5-6-9)12(19)11-14-16-17-15-11/h1-4,9H,5-7H2,(H,14,15,16,17). The summed E-state index contributed by atoms with van der Waals surface area (Å²) in [7, 11) is 0. The van der Waals surface area contributed by atoms with E-state index in [1.54, 1.807) is 23.1 Å². The third kappa shape index (κ3) is 2.44. The summed E-state index contributed by atoms with van der Waals surface area (Å²) in [4.78, 5) is 13.8. The average molecular weight is 261 g/mol. The molecule has 0 aliphatic heterocycles. The summed E-state index contributed by atoms with van der Waals surface area (Å²) in [5.41, 5.74) is 0.492. The predicted molar refractivity (Wildman–Crippen MR) is 63.5 cm³/mol. The lowest BCUT2D eigenvalue weighted by atomic mass is 10.2. The molecule has 1 saturated carbocycles. The van der Waals surface area contributed by atoms with Crippen LogP contribution in [0.1, 0.15) is 29.0 Å². The van der Waals surface area contributed by atoms with Crippen LogP contribution in [0.3, 0.4) is 0 Å². The van der Waals surface area contributed by atoms with Crippen LogP contribution in [-0.2, 0) is 6.54 Å². The first-order valence-corrected chi connectivity index (χ1v) is 6.03. The first kappa shape index (κ1) is 11.8. The van der Waals surface area contributed by atoms with Gasteiger partial charge < -0.3 is 4.90 Å². The van der Waals surface area contributed by atoms with Crippen LogP contribution in [0.5, 0.6) is 0 Å². The van der Waals surface area contributed by atoms with Gasteiger partial charge in [-0.05, 0) is 24.1 Å². The molecule has 0 saturated heterocycles. The molecule has 1 amide bonds. The third-order valence-corrected chi connectivity index (χ3v) is 3.08. The van der Waals surface area contributed by atoms with E-state index < -0.39 is 0 Å². The van der Waals surface area contributed by atoms with Crippen LogP contribution in [-0.4, -0.2) is 37.5 Å². The van der Waals surface area contributed by atoms with Gasteiger partial charge in [-0.25, -0.2) is 4.39 Å². The number of aromatic amines is 1. The zero-order valence-electron chi connectivity index (χ0n) is 10.1. The molecule has 98 valence electrons. The third-order valence-electron chi connectivity index (χ3n) is 3.08. The molecule has 7 heteroatoms. The lowest BCUT2D eigenvalue weighted by Gasteiger charge is -2.21. The van der Waals surface area contributed by atoms with Gasteiger partial charge in [0.05, 0.1) is 0 Å². The lowest BCUT2D eigenvalue weighted by molar-refractivity contribution is 0.0716. The van der Waals surface area contributed by atoms with Crippen molar-refractivity contribution in [2.24, 2.45) is 0 Å². The maximum absolute atomic E-state index is 13.7. The van der Waals surface area contributed by atoms with E-state index in [2.05, 4.69) is 20.6 Å². The normalized spacial score (nSPS) is 14.4. The SMILES string of the molecule is O=C(c1nn[nH]n1)N(Cc1ccccc1F)C1CC1. The summed E-state index contributed by atoms with van der Waals surface area (Å²) in [6.45, 7) is 0.227. The Morgan fingerprint density at radius 1 is 1.42 bits per heavy atom. The number of halogens is 1. The van der Waals surface area contributed by atoms with E-state index in [0.717, 1.165) is 12.8 Å². The molecular formula is C12H12FN5O. The molecule has 2 aromatic rings. The van der Waals surface area contributed by atoms with Gasteiger partial charge in [-0.15, -0.1) is 10.2 Å². The van der Waals surface area contributed by atoms with Crippen LogP contribution >= 0.6 is 0 Å². The molecule has 1 aromatic carbocycles. The topological polar surface area (TPSA) is 74.8 Å². The first-order valence-electron chi connectivity index (χ1n) is 6.03. The van der Waals surface area contributed by atoms with Gasteiger partial charge in [-0.1, -0.05) is 18.2 Å². The highest BCUT2D eigenvalue weighted by molar-refractivity contribution is 5.90. The Hall–Kier alpha value is -2.31. The van der Waals surface area contributed by atoms with E-state index in [-0.39, 0.29) is 30.1 Å². The molecule has 6 nitrogen and oxygen atoms in total. The van der Waals surface area contributed by atoms with Gasteiger partial charge in [0.1, 0.15) is 5.82 Å². The second-order valence-electron chi connectivity index (χ2n) is 4.49. The van der Waals surface area contributed by atoms with Gasteiger partial charge in [0.25, 0.3) is 11.7 Å². The quantitative estimate of drug-likeness (QED) is 0.895. The highest BCUT2D eigenvalue weighted by Crippen LogP contribution is 2.29. The number of carbonyl (C=O) groups excluding carboxylic acids is 1. The second-order valence-corrected chi connectivity index (χ2v) is 4.49. The summed E-state index contributed by atoms with van der Waals surface area (Å²) >= 11 is 0. The van der Waals surface area contributed by atoms with Crippen LogP contribution in [0.2, 0.25) is 0 Å². The Kier molecular flexibility index (Phi) is 2.94. The fourth-order valence-electron chi connectivity index (χ4n) is 1.94. The Balaban J connectivity index is 1.82. The van der Waals surface area contributed by atoms with Gasteiger partial charge in [-0.3, -0.25) is 4.79 Å². The van der Waals surface area contributed by atoms with E-state index in [9.17, 15) is 9.18 Å². The number of nitrogens with one attached hydrogen (secondary N) is 1. The summed E-state index contributed by atoms with van der Waals surface area (Å²) in [5, 5.41) is 13.0. The van der Waals surface area contributed by atoms with Gasteiger partial charge >= 0.3 is 0 Å². The average Bonchev–Trinajstić information content (AvgIpc) is 3.11. The number of hydrogen-bond donors (Lipinski definition) is 1. The van der Waals surface area contributed by atoms with Crippen LogP contribution < -0.4 is 0 Å². The number of nitrogens with zero attached hydrogens (tertiary/aromatic N) is 4. The van der Waals surface area contributed by atoms with Crippen molar-refractivity contribution in [3.63, 3.8) is 0 Å². The van der Waals surface area contributed by atoms with E-state index in [0.29, 0.717) is 5.56 Å². The molecule has 0 spiro atoms. The Labute approximate surface area is 108 Å². The van der Waals surface area contributed by atoms with Crippen molar-refractivity contribution >= 4 is 5.91 Å². The molecule has 1 N–H and O–H groups in total. The number of amides is 1. The first-order chi connectivity index (χ1) is 9.25. The maximum atomic E-state index is 13.7. The Morgan fingerprint density at radius 2 is 2.21 bits per heavy atom. The number of carbonyl (C=O) groups is 1. The van der Waals surface area contributed by atoms with Crippen molar-refractivity contribution < 1.29 is 9.18 Å². The van der Waals surface area contributed by atoms with Gasteiger partial charge in [0, 0.05) is 18.2 Å².